The van der Waals surface area contributed by atoms with Gasteiger partial charge in [0.2, 0.25) is 0 Å². The number of halogens is 1. The molecule has 152 valence electrons. The second-order valence-corrected chi connectivity index (χ2v) is 8.32. The van der Waals surface area contributed by atoms with Gasteiger partial charge in [0.15, 0.2) is 11.6 Å². The minimum atomic E-state index is -0.758. The lowest BCUT2D eigenvalue weighted by atomic mass is 10.1. The zero-order chi connectivity index (χ0) is 20.3. The Morgan fingerprint density at radius 2 is 2.11 bits per heavy atom. The van der Waals surface area contributed by atoms with E-state index in [1.54, 1.807) is 31.4 Å². The van der Waals surface area contributed by atoms with E-state index >= 15 is 0 Å². The van der Waals surface area contributed by atoms with Crippen LogP contribution in [0, 0.1) is 0 Å². The summed E-state index contributed by atoms with van der Waals surface area (Å²) in [6, 6.07) is 5.06. The molecule has 0 unspecified atom stereocenters. The minimum Gasteiger partial charge on any atom is -0.496 e. The van der Waals surface area contributed by atoms with E-state index in [1.807, 2.05) is 6.92 Å². The van der Waals surface area contributed by atoms with Crippen molar-refractivity contribution in [3.8, 4) is 5.75 Å². The van der Waals surface area contributed by atoms with Crippen LogP contribution < -0.4 is 4.74 Å². The number of carbonyl (C=O) groups is 1. The maximum Gasteiger partial charge on any atom is 0.200 e. The van der Waals surface area contributed by atoms with Crippen LogP contribution in [0.4, 0.5) is 0 Å². The Morgan fingerprint density at radius 1 is 1.39 bits per heavy atom. The van der Waals surface area contributed by atoms with Gasteiger partial charge in [-0.2, -0.15) is 0 Å². The van der Waals surface area contributed by atoms with Gasteiger partial charge in [-0.05, 0) is 38.5 Å². The van der Waals surface area contributed by atoms with Crippen LogP contribution in [0.3, 0.4) is 0 Å². The number of benzene rings is 1. The molecule has 28 heavy (non-hydrogen) atoms. The predicted molar refractivity (Wildman–Crippen MR) is 113 cm³/mol. The number of nitrogens with zero attached hydrogens (tertiary/aromatic N) is 1. The molecule has 1 saturated heterocycles. The van der Waals surface area contributed by atoms with E-state index in [0.717, 1.165) is 35.0 Å². The smallest absolute Gasteiger partial charge is 0.200 e. The third kappa shape index (κ3) is 4.25. The summed E-state index contributed by atoms with van der Waals surface area (Å²) < 4.78 is 17.1. The summed E-state index contributed by atoms with van der Waals surface area (Å²) >= 11 is 7.63. The number of allylic oxidation sites excluding steroid dienone is 2. The predicted octanol–water partition coefficient (Wildman–Crippen LogP) is 5.22. The summed E-state index contributed by atoms with van der Waals surface area (Å²) in [5.41, 5.74) is 1.52. The van der Waals surface area contributed by atoms with Gasteiger partial charge in [0.05, 0.1) is 35.8 Å². The summed E-state index contributed by atoms with van der Waals surface area (Å²) in [6.07, 6.45) is 3.75. The number of rotatable bonds is 7. The molecule has 7 heteroatoms. The van der Waals surface area contributed by atoms with Crippen molar-refractivity contribution in [1.82, 2.24) is 4.90 Å². The summed E-state index contributed by atoms with van der Waals surface area (Å²) in [7, 11) is 1.55. The maximum absolute atomic E-state index is 13.0. The van der Waals surface area contributed by atoms with Crippen LogP contribution in [0.2, 0.25) is 5.02 Å². The molecule has 0 aliphatic carbocycles. The Balaban J connectivity index is 1.93. The van der Waals surface area contributed by atoms with E-state index in [0.29, 0.717) is 29.5 Å². The van der Waals surface area contributed by atoms with Gasteiger partial charge in [-0.25, -0.2) is 0 Å². The lowest BCUT2D eigenvalue weighted by Crippen LogP contribution is -2.28. The van der Waals surface area contributed by atoms with Crippen LogP contribution in [-0.2, 0) is 9.47 Å². The number of methoxy groups -OCH3 is 1. The molecular weight excluding hydrogens is 398 g/mol. The van der Waals surface area contributed by atoms with Gasteiger partial charge >= 0.3 is 0 Å². The van der Waals surface area contributed by atoms with Crippen molar-refractivity contribution >= 4 is 29.1 Å². The van der Waals surface area contributed by atoms with Gasteiger partial charge in [-0.3, -0.25) is 4.79 Å². The van der Waals surface area contributed by atoms with Crippen LogP contribution in [0.1, 0.15) is 44.0 Å². The van der Waals surface area contributed by atoms with Crippen LogP contribution in [-0.4, -0.2) is 43.3 Å². The number of thioether (sulfide) groups is 1. The van der Waals surface area contributed by atoms with Crippen LogP contribution >= 0.6 is 23.4 Å². The molecule has 1 aromatic carbocycles. The summed E-state index contributed by atoms with van der Waals surface area (Å²) in [5.74, 6) is -0.393. The fourth-order valence-electron chi connectivity index (χ4n) is 3.35. The maximum atomic E-state index is 13.0. The summed E-state index contributed by atoms with van der Waals surface area (Å²) in [6.45, 7) is 8.12. The van der Waals surface area contributed by atoms with E-state index in [9.17, 15) is 4.79 Å². The van der Waals surface area contributed by atoms with Crippen molar-refractivity contribution in [3.05, 3.63) is 50.5 Å². The monoisotopic (exact) mass is 423 g/mol. The largest absolute Gasteiger partial charge is 0.496 e. The molecule has 0 aromatic heterocycles. The van der Waals surface area contributed by atoms with Gasteiger partial charge in [0.1, 0.15) is 5.75 Å². The highest BCUT2D eigenvalue weighted by atomic mass is 35.5. The first kappa shape index (κ1) is 21.2. The Hall–Kier alpha value is -1.47. The van der Waals surface area contributed by atoms with Crippen molar-refractivity contribution in [2.24, 2.45) is 0 Å². The van der Waals surface area contributed by atoms with Gasteiger partial charge in [-0.15, -0.1) is 0 Å². The SMILES string of the molecule is CCCCN1C(C)=C(C2(C)OCCO2)S/C1=C\C(=O)c1cc(Cl)ccc1OC. The summed E-state index contributed by atoms with van der Waals surface area (Å²) in [5, 5.41) is 1.37. The van der Waals surface area contributed by atoms with Crippen molar-refractivity contribution in [2.45, 2.75) is 39.4 Å². The molecule has 0 bridgehead atoms. The lowest BCUT2D eigenvalue weighted by Gasteiger charge is -2.24. The third-order valence-electron chi connectivity index (χ3n) is 4.87. The first-order chi connectivity index (χ1) is 13.4. The number of ketones is 1. The fourth-order valence-corrected chi connectivity index (χ4v) is 4.80. The van der Waals surface area contributed by atoms with Crippen molar-refractivity contribution in [1.29, 1.82) is 0 Å². The number of unbranched alkanes of at least 4 members (excludes halogenated alkanes) is 1. The number of hydrogen-bond acceptors (Lipinski definition) is 6. The van der Waals surface area contributed by atoms with E-state index in [4.69, 9.17) is 25.8 Å². The molecule has 1 aromatic rings. The molecular formula is C21H26ClNO4S. The van der Waals surface area contributed by atoms with E-state index < -0.39 is 5.79 Å². The second kappa shape index (κ2) is 8.91. The Kier molecular flexibility index (Phi) is 6.76. The first-order valence-corrected chi connectivity index (χ1v) is 10.6. The lowest BCUT2D eigenvalue weighted by molar-refractivity contribution is -0.104. The molecule has 0 atom stereocenters. The van der Waals surface area contributed by atoms with Crippen molar-refractivity contribution in [3.63, 3.8) is 0 Å². The molecule has 0 amide bonds. The Morgan fingerprint density at radius 3 is 2.75 bits per heavy atom. The van der Waals surface area contributed by atoms with E-state index in [2.05, 4.69) is 18.7 Å². The van der Waals surface area contributed by atoms with Crippen LogP contribution in [0.15, 0.2) is 39.9 Å². The van der Waals surface area contributed by atoms with Gasteiger partial charge in [0, 0.05) is 23.3 Å². The molecule has 2 aliphatic rings. The highest BCUT2D eigenvalue weighted by Gasteiger charge is 2.42. The van der Waals surface area contributed by atoms with Crippen LogP contribution in [0.5, 0.6) is 5.75 Å². The minimum absolute atomic E-state index is 0.143. The molecule has 0 spiro atoms. The van der Waals surface area contributed by atoms with Gasteiger partial charge in [0.25, 0.3) is 0 Å². The highest BCUT2D eigenvalue weighted by Crippen LogP contribution is 2.49. The number of ether oxygens (including phenoxy) is 3. The zero-order valence-electron chi connectivity index (χ0n) is 16.7. The Bertz CT molecular complexity index is 815. The molecule has 3 rings (SSSR count). The van der Waals surface area contributed by atoms with Gasteiger partial charge in [-0.1, -0.05) is 36.7 Å². The summed E-state index contributed by atoms with van der Waals surface area (Å²) in [4.78, 5) is 16.2. The molecule has 0 saturated carbocycles. The van der Waals surface area contributed by atoms with E-state index in [1.165, 1.54) is 11.8 Å². The fraction of sp³-hybridized carbons (Fsp3) is 0.476. The molecule has 0 N–H and O–H groups in total. The standard InChI is InChI=1S/C21H26ClNO4S/c1-5-6-9-23-14(2)20(21(3)26-10-11-27-21)28-19(23)13-17(24)16-12-15(22)7-8-18(16)25-4/h7-8,12-13H,5-6,9-11H2,1-4H3/b19-13-. The molecule has 0 radical (unpaired) electrons. The van der Waals surface area contributed by atoms with Crippen LogP contribution in [0.25, 0.3) is 0 Å². The highest BCUT2D eigenvalue weighted by molar-refractivity contribution is 8.07. The first-order valence-electron chi connectivity index (χ1n) is 9.44. The third-order valence-corrected chi connectivity index (χ3v) is 6.53. The Labute approximate surface area is 175 Å². The quantitative estimate of drug-likeness (QED) is 0.443. The van der Waals surface area contributed by atoms with Gasteiger partial charge < -0.3 is 19.1 Å². The molecule has 2 aliphatic heterocycles. The number of carbonyl (C=O) groups excluding carboxylic acids is 1. The molecule has 1 fully saturated rings. The van der Waals surface area contributed by atoms with Crippen molar-refractivity contribution < 1.29 is 19.0 Å². The van der Waals surface area contributed by atoms with Crippen molar-refractivity contribution in [2.75, 3.05) is 26.9 Å². The normalized spacial score (nSPS) is 20.3. The number of hydrogen-bond donors (Lipinski definition) is 0. The van der Waals surface area contributed by atoms with E-state index in [-0.39, 0.29) is 5.78 Å². The zero-order valence-corrected chi connectivity index (χ0v) is 18.3. The molecule has 2 heterocycles. The molecule has 5 nitrogen and oxygen atoms in total. The topological polar surface area (TPSA) is 48.0 Å². The average Bonchev–Trinajstić information content (AvgIpc) is 3.25. The second-order valence-electron chi connectivity index (χ2n) is 6.86. The average molecular weight is 424 g/mol.